The normalized spacial score (nSPS) is 15.5. The van der Waals surface area contributed by atoms with Crippen molar-refractivity contribution >= 4 is 5.91 Å². The third-order valence-corrected chi connectivity index (χ3v) is 5.63. The first-order valence-electron chi connectivity index (χ1n) is 10.6. The van der Waals surface area contributed by atoms with E-state index in [1.807, 2.05) is 36.1 Å². The maximum Gasteiger partial charge on any atom is 0.416 e. The molecule has 2 aromatic carbocycles. The minimum absolute atomic E-state index is 0.00395. The van der Waals surface area contributed by atoms with Crippen molar-refractivity contribution in [2.24, 2.45) is 0 Å². The summed E-state index contributed by atoms with van der Waals surface area (Å²) in [6, 6.07) is 8.49. The number of nitrogens with zero attached hydrogens (tertiary/aromatic N) is 4. The van der Waals surface area contributed by atoms with Crippen LogP contribution in [-0.4, -0.2) is 52.0 Å². The lowest BCUT2D eigenvalue weighted by molar-refractivity contribution is -0.143. The zero-order valence-corrected chi connectivity index (χ0v) is 18.5. The van der Waals surface area contributed by atoms with Gasteiger partial charge in [-0.25, -0.2) is 0 Å². The Balaban J connectivity index is 1.41. The van der Waals surface area contributed by atoms with Crippen molar-refractivity contribution in [2.75, 3.05) is 26.2 Å². The van der Waals surface area contributed by atoms with E-state index in [0.717, 1.165) is 11.1 Å². The Hall–Kier alpha value is -3.41. The van der Waals surface area contributed by atoms with E-state index < -0.39 is 35.0 Å². The van der Waals surface area contributed by atoms with Crippen molar-refractivity contribution in [1.82, 2.24) is 19.9 Å². The fraction of sp³-hybridized carbons (Fsp3) is 0.348. The van der Waals surface area contributed by atoms with Crippen LogP contribution in [0.15, 0.2) is 47.0 Å². The summed E-state index contributed by atoms with van der Waals surface area (Å²) in [6.45, 7) is 3.16. The summed E-state index contributed by atoms with van der Waals surface area (Å²) >= 11 is 0. The van der Waals surface area contributed by atoms with Crippen LogP contribution in [0.2, 0.25) is 0 Å². The predicted molar refractivity (Wildman–Crippen MR) is 112 cm³/mol. The molecule has 0 saturated carbocycles. The summed E-state index contributed by atoms with van der Waals surface area (Å²) in [5.74, 6) is -0.104. The van der Waals surface area contributed by atoms with Crippen LogP contribution < -0.4 is 0 Å². The number of carbonyl (C=O) groups excluding carboxylic acids is 1. The molecule has 1 aromatic heterocycles. The monoisotopic (exact) mass is 498 g/mol. The highest BCUT2D eigenvalue weighted by Crippen LogP contribution is 2.36. The molecule has 3 aromatic rings. The van der Waals surface area contributed by atoms with Gasteiger partial charge in [0.2, 0.25) is 11.7 Å². The topological polar surface area (TPSA) is 62.5 Å². The molecule has 1 aliphatic heterocycles. The van der Waals surface area contributed by atoms with Gasteiger partial charge in [-0.1, -0.05) is 35.0 Å². The number of amides is 1. The highest BCUT2D eigenvalue weighted by atomic mass is 19.4. The Kier molecular flexibility index (Phi) is 6.58. The van der Waals surface area contributed by atoms with Gasteiger partial charge in [0.05, 0.1) is 17.7 Å². The van der Waals surface area contributed by atoms with Crippen LogP contribution >= 0.6 is 0 Å². The van der Waals surface area contributed by atoms with Gasteiger partial charge in [-0.05, 0) is 25.1 Å². The Bertz CT molecular complexity index is 1160. The number of aryl methyl sites for hydroxylation is 1. The van der Waals surface area contributed by atoms with Crippen molar-refractivity contribution in [1.29, 1.82) is 0 Å². The number of carbonyl (C=O) groups is 1. The summed E-state index contributed by atoms with van der Waals surface area (Å²) in [5, 5.41) is 3.96. The average Bonchev–Trinajstić information content (AvgIpc) is 3.26. The number of benzene rings is 2. The second-order valence-electron chi connectivity index (χ2n) is 8.24. The number of alkyl halides is 6. The first kappa shape index (κ1) is 24.7. The molecule has 35 heavy (non-hydrogen) atoms. The number of halogens is 6. The molecule has 1 fully saturated rings. The van der Waals surface area contributed by atoms with E-state index in [1.165, 1.54) is 4.90 Å². The van der Waals surface area contributed by atoms with Gasteiger partial charge in [0.15, 0.2) is 0 Å². The first-order chi connectivity index (χ1) is 16.4. The Labute approximate surface area is 196 Å². The maximum absolute atomic E-state index is 13.1. The number of piperazine rings is 1. The van der Waals surface area contributed by atoms with Crippen LogP contribution in [0.3, 0.4) is 0 Å². The van der Waals surface area contributed by atoms with Gasteiger partial charge in [-0.15, -0.1) is 0 Å². The lowest BCUT2D eigenvalue weighted by Crippen LogP contribution is -2.48. The highest BCUT2D eigenvalue weighted by Gasteiger charge is 2.38. The first-order valence-corrected chi connectivity index (χ1v) is 10.6. The molecule has 2 heterocycles. The van der Waals surface area contributed by atoms with Gasteiger partial charge in [0.1, 0.15) is 0 Å². The average molecular weight is 498 g/mol. The van der Waals surface area contributed by atoms with E-state index in [1.54, 1.807) is 0 Å². The quantitative estimate of drug-likeness (QED) is 0.472. The zero-order valence-electron chi connectivity index (χ0n) is 18.5. The molecular formula is C23H20F6N4O2. The summed E-state index contributed by atoms with van der Waals surface area (Å²) in [4.78, 5) is 20.2. The van der Waals surface area contributed by atoms with E-state index >= 15 is 0 Å². The fourth-order valence-corrected chi connectivity index (χ4v) is 3.70. The maximum atomic E-state index is 13.1. The summed E-state index contributed by atoms with van der Waals surface area (Å²) in [5.41, 5.74) is -1.81. The Morgan fingerprint density at radius 1 is 0.914 bits per heavy atom. The Morgan fingerprint density at radius 3 is 2.03 bits per heavy atom. The standard InChI is InChI=1S/C23H20F6N4O2/c1-14-2-4-15(5-3-14)20-30-19(35-31-20)13-32-6-8-33(9-7-32)21(34)16-10-17(22(24,25)26)12-18(11-16)23(27,28)29/h2-5,10-12H,6-9,13H2,1H3. The molecule has 0 aliphatic carbocycles. The smallest absolute Gasteiger partial charge is 0.338 e. The highest BCUT2D eigenvalue weighted by molar-refractivity contribution is 5.94. The van der Waals surface area contributed by atoms with Crippen LogP contribution in [-0.2, 0) is 18.9 Å². The number of hydrogen-bond acceptors (Lipinski definition) is 5. The molecule has 0 unspecified atom stereocenters. The van der Waals surface area contributed by atoms with Gasteiger partial charge in [0.25, 0.3) is 5.91 Å². The van der Waals surface area contributed by atoms with Gasteiger partial charge >= 0.3 is 12.4 Å². The number of hydrogen-bond donors (Lipinski definition) is 0. The van der Waals surface area contributed by atoms with Gasteiger partial charge in [-0.2, -0.15) is 31.3 Å². The lowest BCUT2D eigenvalue weighted by Gasteiger charge is -2.34. The molecule has 6 nitrogen and oxygen atoms in total. The summed E-state index contributed by atoms with van der Waals surface area (Å²) in [7, 11) is 0. The van der Waals surface area contributed by atoms with Crippen LogP contribution in [0.5, 0.6) is 0 Å². The van der Waals surface area contributed by atoms with Crippen LogP contribution in [0, 0.1) is 6.92 Å². The molecule has 1 saturated heterocycles. The van der Waals surface area contributed by atoms with E-state index in [4.69, 9.17) is 4.52 Å². The lowest BCUT2D eigenvalue weighted by atomic mass is 10.0. The number of rotatable bonds is 4. The molecule has 4 rings (SSSR count). The summed E-state index contributed by atoms with van der Waals surface area (Å²) in [6.07, 6.45) is -10.0. The van der Waals surface area contributed by atoms with E-state index in [9.17, 15) is 31.1 Å². The van der Waals surface area contributed by atoms with Crippen LogP contribution in [0.25, 0.3) is 11.4 Å². The van der Waals surface area contributed by atoms with E-state index in [2.05, 4.69) is 10.1 Å². The van der Waals surface area contributed by atoms with Crippen molar-refractivity contribution in [3.8, 4) is 11.4 Å². The van der Waals surface area contributed by atoms with Gasteiger partial charge in [-0.3, -0.25) is 9.69 Å². The predicted octanol–water partition coefficient (Wildman–Crippen LogP) is 5.04. The van der Waals surface area contributed by atoms with Crippen molar-refractivity contribution < 1.29 is 35.7 Å². The van der Waals surface area contributed by atoms with Gasteiger partial charge in [0, 0.05) is 37.3 Å². The van der Waals surface area contributed by atoms with Crippen molar-refractivity contribution in [3.05, 3.63) is 70.6 Å². The SMILES string of the molecule is Cc1ccc(-c2noc(CN3CCN(C(=O)c4cc(C(F)(F)F)cc(C(F)(F)F)c4)CC3)n2)cc1. The molecule has 0 radical (unpaired) electrons. The molecule has 0 N–H and O–H groups in total. The molecule has 0 atom stereocenters. The second kappa shape index (κ2) is 9.33. The molecular weight excluding hydrogens is 478 g/mol. The van der Waals surface area contributed by atoms with Crippen LogP contribution in [0.4, 0.5) is 26.3 Å². The largest absolute Gasteiger partial charge is 0.416 e. The number of aromatic nitrogens is 2. The van der Waals surface area contributed by atoms with Crippen molar-refractivity contribution in [3.63, 3.8) is 0 Å². The minimum atomic E-state index is -5.02. The Morgan fingerprint density at radius 2 is 1.49 bits per heavy atom. The molecule has 0 spiro atoms. The molecule has 1 aliphatic rings. The third-order valence-electron chi connectivity index (χ3n) is 5.63. The minimum Gasteiger partial charge on any atom is -0.338 e. The molecule has 12 heteroatoms. The molecule has 1 amide bonds. The molecule has 186 valence electrons. The fourth-order valence-electron chi connectivity index (χ4n) is 3.70. The van der Waals surface area contributed by atoms with Crippen molar-refractivity contribution in [2.45, 2.75) is 25.8 Å². The van der Waals surface area contributed by atoms with E-state index in [-0.39, 0.29) is 19.2 Å². The second-order valence-corrected chi connectivity index (χ2v) is 8.24. The summed E-state index contributed by atoms with van der Waals surface area (Å²) < 4.78 is 83.9. The zero-order chi connectivity index (χ0) is 25.4. The third kappa shape index (κ3) is 5.81. The van der Waals surface area contributed by atoms with Gasteiger partial charge < -0.3 is 9.42 Å². The molecule has 0 bridgehead atoms. The van der Waals surface area contributed by atoms with E-state index in [0.29, 0.717) is 43.5 Å². The van der Waals surface area contributed by atoms with Crippen LogP contribution in [0.1, 0.15) is 32.9 Å².